The number of thiazole rings is 1. The third kappa shape index (κ3) is 8.12. The zero-order chi connectivity index (χ0) is 21.7. The van der Waals surface area contributed by atoms with Crippen molar-refractivity contribution >= 4 is 17.3 Å². The maximum atomic E-state index is 6.08. The van der Waals surface area contributed by atoms with Crippen LogP contribution in [0.4, 0.5) is 0 Å². The largest absolute Gasteiger partial charge is 0.492 e. The second-order valence-electron chi connectivity index (χ2n) is 7.36. The Balaban J connectivity index is 1.49. The highest BCUT2D eigenvalue weighted by atomic mass is 32.1. The predicted octanol–water partition coefficient (Wildman–Crippen LogP) is 2.71. The second kappa shape index (κ2) is 13.3. The zero-order valence-electron chi connectivity index (χ0n) is 18.7. The summed E-state index contributed by atoms with van der Waals surface area (Å²) in [5, 5.41) is 7.91. The standard InChI is InChI=1S/C23H35N5O2S/c1-3-20-18-26-22(31-20)9-10-25-23(24-4-2)27-17-19-7-5-6-8-21(19)30-16-13-28-11-14-29-15-12-28/h5-8,18H,3-4,9-17H2,1-2H3,(H2,24,25,27). The van der Waals surface area contributed by atoms with Crippen LogP contribution in [0.25, 0.3) is 0 Å². The number of hydrogen-bond donors (Lipinski definition) is 2. The molecule has 1 aliphatic heterocycles. The average molecular weight is 446 g/mol. The van der Waals surface area contributed by atoms with E-state index in [0.717, 1.165) is 76.1 Å². The first-order valence-electron chi connectivity index (χ1n) is 11.2. The van der Waals surface area contributed by atoms with Crippen molar-refractivity contribution in [1.82, 2.24) is 20.5 Å². The van der Waals surface area contributed by atoms with E-state index in [-0.39, 0.29) is 0 Å². The molecule has 1 fully saturated rings. The molecule has 170 valence electrons. The van der Waals surface area contributed by atoms with Gasteiger partial charge in [0.1, 0.15) is 12.4 Å². The number of aliphatic imine (C=N–C) groups is 1. The topological polar surface area (TPSA) is 71.0 Å². The molecule has 0 aliphatic carbocycles. The molecule has 0 amide bonds. The monoisotopic (exact) mass is 445 g/mol. The average Bonchev–Trinajstić information content (AvgIpc) is 3.27. The fourth-order valence-electron chi connectivity index (χ4n) is 3.31. The van der Waals surface area contributed by atoms with Gasteiger partial charge in [0, 0.05) is 55.8 Å². The van der Waals surface area contributed by atoms with Crippen LogP contribution in [0.15, 0.2) is 35.5 Å². The molecule has 1 saturated heterocycles. The molecule has 0 unspecified atom stereocenters. The fourth-order valence-corrected chi connectivity index (χ4v) is 4.17. The number of guanidine groups is 1. The van der Waals surface area contributed by atoms with Gasteiger partial charge in [0.2, 0.25) is 0 Å². The van der Waals surface area contributed by atoms with Gasteiger partial charge in [-0.05, 0) is 19.4 Å². The van der Waals surface area contributed by atoms with Crippen LogP contribution in [0.1, 0.15) is 29.3 Å². The van der Waals surface area contributed by atoms with Crippen LogP contribution in [-0.4, -0.2) is 68.4 Å². The molecule has 1 aliphatic rings. The summed E-state index contributed by atoms with van der Waals surface area (Å²) in [6.07, 6.45) is 3.93. The van der Waals surface area contributed by atoms with Crippen molar-refractivity contribution < 1.29 is 9.47 Å². The predicted molar refractivity (Wildman–Crippen MR) is 127 cm³/mol. The summed E-state index contributed by atoms with van der Waals surface area (Å²) < 4.78 is 11.5. The van der Waals surface area contributed by atoms with Gasteiger partial charge in [0.05, 0.1) is 24.8 Å². The summed E-state index contributed by atoms with van der Waals surface area (Å²) >= 11 is 1.79. The van der Waals surface area contributed by atoms with Crippen molar-refractivity contribution in [2.24, 2.45) is 4.99 Å². The maximum absolute atomic E-state index is 6.08. The number of aromatic nitrogens is 1. The lowest BCUT2D eigenvalue weighted by Crippen LogP contribution is -2.38. The van der Waals surface area contributed by atoms with Gasteiger partial charge in [0.25, 0.3) is 0 Å². The van der Waals surface area contributed by atoms with Gasteiger partial charge in [-0.15, -0.1) is 11.3 Å². The van der Waals surface area contributed by atoms with Crippen LogP contribution in [0, 0.1) is 0 Å². The first-order chi connectivity index (χ1) is 15.3. The maximum Gasteiger partial charge on any atom is 0.191 e. The molecule has 1 aromatic carbocycles. The van der Waals surface area contributed by atoms with Crippen molar-refractivity contribution in [3.8, 4) is 5.75 Å². The Bertz CT molecular complexity index is 805. The van der Waals surface area contributed by atoms with Gasteiger partial charge in [-0.3, -0.25) is 4.90 Å². The number of para-hydroxylation sites is 1. The Kier molecular flexibility index (Phi) is 10.1. The highest BCUT2D eigenvalue weighted by Crippen LogP contribution is 2.19. The summed E-state index contributed by atoms with van der Waals surface area (Å²) in [5.74, 6) is 1.73. The molecule has 31 heavy (non-hydrogen) atoms. The van der Waals surface area contributed by atoms with Gasteiger partial charge in [-0.2, -0.15) is 0 Å². The lowest BCUT2D eigenvalue weighted by atomic mass is 10.2. The van der Waals surface area contributed by atoms with Crippen molar-refractivity contribution in [3.05, 3.63) is 45.9 Å². The normalized spacial score (nSPS) is 15.1. The molecule has 7 nitrogen and oxygen atoms in total. The van der Waals surface area contributed by atoms with Crippen molar-refractivity contribution in [2.45, 2.75) is 33.2 Å². The van der Waals surface area contributed by atoms with Crippen LogP contribution < -0.4 is 15.4 Å². The van der Waals surface area contributed by atoms with E-state index in [9.17, 15) is 0 Å². The Morgan fingerprint density at radius 2 is 2.06 bits per heavy atom. The van der Waals surface area contributed by atoms with E-state index in [1.807, 2.05) is 24.4 Å². The van der Waals surface area contributed by atoms with E-state index in [4.69, 9.17) is 14.5 Å². The number of aryl methyl sites for hydroxylation is 1. The Morgan fingerprint density at radius 3 is 2.84 bits per heavy atom. The second-order valence-corrected chi connectivity index (χ2v) is 8.56. The third-order valence-corrected chi connectivity index (χ3v) is 6.28. The molecule has 2 aromatic rings. The van der Waals surface area contributed by atoms with E-state index in [1.165, 1.54) is 9.88 Å². The molecule has 3 rings (SSSR count). The fraction of sp³-hybridized carbons (Fsp3) is 0.565. The minimum atomic E-state index is 0.570. The molecule has 2 heterocycles. The van der Waals surface area contributed by atoms with E-state index in [2.05, 4.69) is 40.4 Å². The summed E-state index contributed by atoms with van der Waals surface area (Å²) in [7, 11) is 0. The van der Waals surface area contributed by atoms with Gasteiger partial charge in [-0.25, -0.2) is 9.98 Å². The first-order valence-corrected chi connectivity index (χ1v) is 12.1. The smallest absolute Gasteiger partial charge is 0.191 e. The van der Waals surface area contributed by atoms with E-state index in [1.54, 1.807) is 11.3 Å². The summed E-state index contributed by atoms with van der Waals surface area (Å²) in [4.78, 5) is 13.0. The number of ether oxygens (including phenoxy) is 2. The van der Waals surface area contributed by atoms with Gasteiger partial charge >= 0.3 is 0 Å². The van der Waals surface area contributed by atoms with E-state index >= 15 is 0 Å². The Labute approximate surface area is 189 Å². The number of hydrogen-bond acceptors (Lipinski definition) is 6. The van der Waals surface area contributed by atoms with Crippen molar-refractivity contribution in [2.75, 3.05) is 52.5 Å². The quantitative estimate of drug-likeness (QED) is 0.409. The van der Waals surface area contributed by atoms with Crippen LogP contribution in [0.5, 0.6) is 5.75 Å². The van der Waals surface area contributed by atoms with Gasteiger partial charge in [0.15, 0.2) is 5.96 Å². The molecule has 0 radical (unpaired) electrons. The minimum Gasteiger partial charge on any atom is -0.492 e. The molecule has 0 spiro atoms. The SMILES string of the molecule is CCNC(=NCc1ccccc1OCCN1CCOCC1)NCCc1ncc(CC)s1. The van der Waals surface area contributed by atoms with Crippen molar-refractivity contribution in [3.63, 3.8) is 0 Å². The number of morpholine rings is 1. The number of nitrogens with one attached hydrogen (secondary N) is 2. The minimum absolute atomic E-state index is 0.570. The Hall–Kier alpha value is -2.16. The molecule has 1 aromatic heterocycles. The van der Waals surface area contributed by atoms with Gasteiger partial charge < -0.3 is 20.1 Å². The number of rotatable bonds is 11. The molecule has 0 saturated carbocycles. The molecule has 0 bridgehead atoms. The van der Waals surface area contributed by atoms with Crippen LogP contribution in [0.3, 0.4) is 0 Å². The Morgan fingerprint density at radius 1 is 1.23 bits per heavy atom. The number of nitrogens with zero attached hydrogens (tertiary/aromatic N) is 3. The molecular weight excluding hydrogens is 410 g/mol. The lowest BCUT2D eigenvalue weighted by Gasteiger charge is -2.26. The summed E-state index contributed by atoms with van der Waals surface area (Å²) in [6.45, 7) is 11.6. The van der Waals surface area contributed by atoms with E-state index < -0.39 is 0 Å². The van der Waals surface area contributed by atoms with Crippen LogP contribution >= 0.6 is 11.3 Å². The number of benzene rings is 1. The third-order valence-electron chi connectivity index (χ3n) is 5.07. The molecule has 0 atom stereocenters. The molecule has 8 heteroatoms. The van der Waals surface area contributed by atoms with Gasteiger partial charge in [-0.1, -0.05) is 25.1 Å². The lowest BCUT2D eigenvalue weighted by molar-refractivity contribution is 0.0322. The molecule has 2 N–H and O–H groups in total. The summed E-state index contributed by atoms with van der Waals surface area (Å²) in [5.41, 5.74) is 1.09. The highest BCUT2D eigenvalue weighted by molar-refractivity contribution is 7.11. The van der Waals surface area contributed by atoms with Crippen LogP contribution in [-0.2, 0) is 24.1 Å². The zero-order valence-corrected chi connectivity index (χ0v) is 19.5. The van der Waals surface area contributed by atoms with Crippen molar-refractivity contribution in [1.29, 1.82) is 0 Å². The highest BCUT2D eigenvalue weighted by Gasteiger charge is 2.10. The summed E-state index contributed by atoms with van der Waals surface area (Å²) in [6, 6.07) is 8.16. The van der Waals surface area contributed by atoms with E-state index in [0.29, 0.717) is 13.2 Å². The van der Waals surface area contributed by atoms with Crippen LogP contribution in [0.2, 0.25) is 0 Å². The first kappa shape index (κ1) is 23.5. The molecular formula is C23H35N5O2S.